The van der Waals surface area contributed by atoms with Gasteiger partial charge in [0.25, 0.3) is 11.8 Å². The maximum atomic E-state index is 12.5. The third kappa shape index (κ3) is 2.66. The number of hydrogen-bond donors (Lipinski definition) is 1. The van der Waals surface area contributed by atoms with Crippen LogP contribution in [0.15, 0.2) is 48.0 Å². The predicted molar refractivity (Wildman–Crippen MR) is 84.8 cm³/mol. The van der Waals surface area contributed by atoms with Gasteiger partial charge in [-0.25, -0.2) is 9.69 Å². The van der Waals surface area contributed by atoms with Crippen molar-refractivity contribution in [3.05, 3.63) is 57.3 Å². The number of benzene rings is 1. The number of para-hydroxylation sites is 1. The van der Waals surface area contributed by atoms with Gasteiger partial charge in [-0.3, -0.25) is 14.9 Å². The Kier molecular flexibility index (Phi) is 3.79. The number of halogens is 1. The molecule has 0 bridgehead atoms. The monoisotopic (exact) mass is 332 g/mol. The molecule has 1 aromatic carbocycles. The van der Waals surface area contributed by atoms with Gasteiger partial charge in [0.05, 0.1) is 10.0 Å². The van der Waals surface area contributed by atoms with E-state index < -0.39 is 17.8 Å². The fourth-order valence-corrected chi connectivity index (χ4v) is 3.02. The molecule has 1 aliphatic heterocycles. The molecule has 0 spiro atoms. The lowest BCUT2D eigenvalue weighted by Crippen LogP contribution is -2.54. The van der Waals surface area contributed by atoms with Crippen LogP contribution in [0.5, 0.6) is 0 Å². The molecule has 1 N–H and O–H groups in total. The van der Waals surface area contributed by atoms with Gasteiger partial charge in [-0.2, -0.15) is 0 Å². The van der Waals surface area contributed by atoms with Gasteiger partial charge in [-0.1, -0.05) is 29.8 Å². The second-order valence-corrected chi connectivity index (χ2v) is 6.18. The SMILES string of the molecule is O=C1NC(=O)N(c2ccccc2)C(=O)C1=Cc1ccc(Cl)s1. The van der Waals surface area contributed by atoms with Crippen molar-refractivity contribution in [2.45, 2.75) is 0 Å². The zero-order chi connectivity index (χ0) is 15.7. The summed E-state index contributed by atoms with van der Waals surface area (Å²) < 4.78 is 0.548. The molecular formula is C15H9ClN2O3S. The van der Waals surface area contributed by atoms with Crippen LogP contribution in [0, 0.1) is 0 Å². The zero-order valence-corrected chi connectivity index (χ0v) is 12.6. The highest BCUT2D eigenvalue weighted by Crippen LogP contribution is 2.26. The molecular weight excluding hydrogens is 324 g/mol. The van der Waals surface area contributed by atoms with E-state index in [1.807, 2.05) is 0 Å². The minimum Gasteiger partial charge on any atom is -0.273 e. The largest absolute Gasteiger partial charge is 0.335 e. The molecule has 1 saturated heterocycles. The summed E-state index contributed by atoms with van der Waals surface area (Å²) in [4.78, 5) is 38.0. The van der Waals surface area contributed by atoms with Crippen LogP contribution in [0.2, 0.25) is 4.34 Å². The quantitative estimate of drug-likeness (QED) is 0.679. The molecule has 3 rings (SSSR count). The Morgan fingerprint density at radius 3 is 2.41 bits per heavy atom. The number of hydrogen-bond acceptors (Lipinski definition) is 4. The number of amides is 4. The van der Waals surface area contributed by atoms with E-state index >= 15 is 0 Å². The molecule has 1 aliphatic rings. The van der Waals surface area contributed by atoms with Crippen LogP contribution in [0.4, 0.5) is 10.5 Å². The first-order chi connectivity index (χ1) is 10.6. The first kappa shape index (κ1) is 14.5. The van der Waals surface area contributed by atoms with Crippen LogP contribution >= 0.6 is 22.9 Å². The van der Waals surface area contributed by atoms with E-state index in [1.165, 1.54) is 17.4 Å². The lowest BCUT2D eigenvalue weighted by Gasteiger charge is -2.26. The molecule has 0 atom stereocenters. The first-order valence-electron chi connectivity index (χ1n) is 6.28. The third-order valence-corrected chi connectivity index (χ3v) is 4.17. The summed E-state index contributed by atoms with van der Waals surface area (Å²) in [6.07, 6.45) is 1.43. The number of anilines is 1. The maximum absolute atomic E-state index is 12.5. The van der Waals surface area contributed by atoms with E-state index in [1.54, 1.807) is 42.5 Å². The Balaban J connectivity index is 2.01. The van der Waals surface area contributed by atoms with E-state index in [0.717, 1.165) is 4.90 Å². The van der Waals surface area contributed by atoms with Gasteiger partial charge in [0.15, 0.2) is 0 Å². The highest BCUT2D eigenvalue weighted by Gasteiger charge is 2.36. The van der Waals surface area contributed by atoms with Crippen LogP contribution in [-0.2, 0) is 9.59 Å². The highest BCUT2D eigenvalue weighted by molar-refractivity contribution is 7.17. The molecule has 1 fully saturated rings. The smallest absolute Gasteiger partial charge is 0.273 e. The number of nitrogens with zero attached hydrogens (tertiary/aromatic N) is 1. The standard InChI is InChI=1S/C15H9ClN2O3S/c16-12-7-6-10(22-12)8-11-13(19)17-15(21)18(14(11)20)9-4-2-1-3-5-9/h1-8H,(H,17,19,21). The number of nitrogens with one attached hydrogen (secondary N) is 1. The molecule has 1 aromatic heterocycles. The summed E-state index contributed by atoms with van der Waals surface area (Å²) in [5.74, 6) is -1.38. The third-order valence-electron chi connectivity index (χ3n) is 3.00. The van der Waals surface area contributed by atoms with Crippen molar-refractivity contribution in [2.24, 2.45) is 0 Å². The molecule has 4 amide bonds. The van der Waals surface area contributed by atoms with Gasteiger partial charge < -0.3 is 0 Å². The highest BCUT2D eigenvalue weighted by atomic mass is 35.5. The fourth-order valence-electron chi connectivity index (χ4n) is 2.02. The van der Waals surface area contributed by atoms with Gasteiger partial charge in [0.1, 0.15) is 5.57 Å². The van der Waals surface area contributed by atoms with E-state index in [0.29, 0.717) is 14.9 Å². The molecule has 110 valence electrons. The fraction of sp³-hybridized carbons (Fsp3) is 0. The lowest BCUT2D eigenvalue weighted by atomic mass is 10.1. The zero-order valence-electron chi connectivity index (χ0n) is 11.1. The Hall–Kier alpha value is -2.44. The molecule has 22 heavy (non-hydrogen) atoms. The van der Waals surface area contributed by atoms with Crippen molar-refractivity contribution in [3.63, 3.8) is 0 Å². The van der Waals surface area contributed by atoms with Crippen LogP contribution < -0.4 is 10.2 Å². The Bertz CT molecular complexity index is 798. The Labute approximate surface area is 134 Å². The van der Waals surface area contributed by atoms with Gasteiger partial charge in [-0.05, 0) is 30.3 Å². The number of rotatable bonds is 2. The van der Waals surface area contributed by atoms with Crippen LogP contribution in [-0.4, -0.2) is 17.8 Å². The van der Waals surface area contributed by atoms with E-state index in [-0.39, 0.29) is 5.57 Å². The molecule has 2 aromatic rings. The summed E-state index contributed by atoms with van der Waals surface area (Å²) >= 11 is 7.07. The summed E-state index contributed by atoms with van der Waals surface area (Å²) in [5, 5.41) is 2.17. The van der Waals surface area contributed by atoms with Gasteiger partial charge in [0.2, 0.25) is 0 Å². The number of carbonyl (C=O) groups excluding carboxylic acids is 3. The van der Waals surface area contributed by atoms with Crippen molar-refractivity contribution in [2.75, 3.05) is 4.90 Å². The average molecular weight is 333 g/mol. The van der Waals surface area contributed by atoms with E-state index in [2.05, 4.69) is 5.32 Å². The summed E-state index contributed by atoms with van der Waals surface area (Å²) in [6, 6.07) is 11.0. The number of carbonyl (C=O) groups is 3. The molecule has 2 heterocycles. The van der Waals surface area contributed by atoms with Crippen LogP contribution in [0.25, 0.3) is 6.08 Å². The number of thiophene rings is 1. The Morgan fingerprint density at radius 2 is 1.77 bits per heavy atom. The minimum absolute atomic E-state index is 0.109. The number of urea groups is 1. The van der Waals surface area contributed by atoms with E-state index in [9.17, 15) is 14.4 Å². The molecule has 0 unspecified atom stereocenters. The molecule has 0 radical (unpaired) electrons. The molecule has 5 nitrogen and oxygen atoms in total. The van der Waals surface area contributed by atoms with Gasteiger partial charge in [-0.15, -0.1) is 11.3 Å². The second kappa shape index (κ2) is 5.75. The molecule has 0 aliphatic carbocycles. The van der Waals surface area contributed by atoms with Crippen molar-refractivity contribution in [3.8, 4) is 0 Å². The van der Waals surface area contributed by atoms with Crippen molar-refractivity contribution in [1.29, 1.82) is 0 Å². The maximum Gasteiger partial charge on any atom is 0.335 e. The Morgan fingerprint density at radius 1 is 1.05 bits per heavy atom. The van der Waals surface area contributed by atoms with Crippen LogP contribution in [0.1, 0.15) is 4.88 Å². The molecule has 0 saturated carbocycles. The number of imide groups is 2. The summed E-state index contributed by atoms with van der Waals surface area (Å²) in [6.45, 7) is 0. The summed E-state index contributed by atoms with van der Waals surface area (Å²) in [7, 11) is 0. The van der Waals surface area contributed by atoms with Gasteiger partial charge in [0, 0.05) is 4.88 Å². The first-order valence-corrected chi connectivity index (χ1v) is 7.47. The van der Waals surface area contributed by atoms with Crippen molar-refractivity contribution >= 4 is 52.5 Å². The summed E-state index contributed by atoms with van der Waals surface area (Å²) in [5.41, 5.74) is 0.287. The van der Waals surface area contributed by atoms with E-state index in [4.69, 9.17) is 11.6 Å². The predicted octanol–water partition coefficient (Wildman–Crippen LogP) is 3.07. The normalized spacial score (nSPS) is 17.0. The minimum atomic E-state index is -0.762. The second-order valence-electron chi connectivity index (χ2n) is 4.44. The van der Waals surface area contributed by atoms with Crippen LogP contribution in [0.3, 0.4) is 0 Å². The molecule has 7 heteroatoms. The topological polar surface area (TPSA) is 66.5 Å². The van der Waals surface area contributed by atoms with Gasteiger partial charge >= 0.3 is 6.03 Å². The average Bonchev–Trinajstić information content (AvgIpc) is 2.90. The lowest BCUT2D eigenvalue weighted by molar-refractivity contribution is -0.122. The van der Waals surface area contributed by atoms with Crippen molar-refractivity contribution in [1.82, 2.24) is 5.32 Å². The number of barbiturate groups is 1. The van der Waals surface area contributed by atoms with Crippen molar-refractivity contribution < 1.29 is 14.4 Å².